The molecule has 2 N–H and O–H groups in total. The van der Waals surface area contributed by atoms with Crippen molar-refractivity contribution in [3.63, 3.8) is 0 Å². The number of halogens is 1. The maximum absolute atomic E-state index is 13.0. The van der Waals surface area contributed by atoms with Crippen LogP contribution < -0.4 is 10.5 Å². The van der Waals surface area contributed by atoms with E-state index in [1.165, 1.54) is 0 Å². The number of anilines is 1. The first kappa shape index (κ1) is 12.5. The maximum atomic E-state index is 13.0. The molecule has 1 aromatic rings. The summed E-state index contributed by atoms with van der Waals surface area (Å²) < 4.78 is 18.4. The molecule has 0 radical (unpaired) electrons. The molecule has 0 saturated heterocycles. The molecule has 2 aliphatic rings. The van der Waals surface area contributed by atoms with E-state index in [1.54, 1.807) is 6.21 Å². The Morgan fingerprint density at radius 2 is 2.30 bits per heavy atom. The van der Waals surface area contributed by atoms with Crippen LogP contribution in [0.5, 0.6) is 6.01 Å². The van der Waals surface area contributed by atoms with Crippen LogP contribution in [-0.2, 0) is 0 Å². The summed E-state index contributed by atoms with van der Waals surface area (Å²) in [6, 6.07) is 0.0733. The van der Waals surface area contributed by atoms with Crippen LogP contribution in [0.4, 0.5) is 10.2 Å². The Balaban J connectivity index is 1.70. The van der Waals surface area contributed by atoms with Gasteiger partial charge in [0, 0.05) is 17.8 Å². The molecular weight excluding hydrogens is 259 g/mol. The molecule has 102 valence electrons. The van der Waals surface area contributed by atoms with Gasteiger partial charge in [-0.3, -0.25) is 4.99 Å². The Hall–Kier alpha value is -2.50. The van der Waals surface area contributed by atoms with E-state index >= 15 is 0 Å². The predicted molar refractivity (Wildman–Crippen MR) is 73.8 cm³/mol. The number of rotatable bonds is 3. The molecule has 20 heavy (non-hydrogen) atoms. The summed E-state index contributed by atoms with van der Waals surface area (Å²) in [4.78, 5) is 11.8. The molecule has 0 spiro atoms. The molecule has 0 aromatic carbocycles. The van der Waals surface area contributed by atoms with Crippen molar-refractivity contribution >= 4 is 12.0 Å². The quantitative estimate of drug-likeness (QED) is 0.913. The van der Waals surface area contributed by atoms with Gasteiger partial charge >= 0.3 is 6.01 Å². The van der Waals surface area contributed by atoms with E-state index in [0.29, 0.717) is 6.61 Å². The number of aromatic nitrogens is 2. The topological polar surface area (TPSA) is 73.4 Å². The molecule has 1 atom stereocenters. The van der Waals surface area contributed by atoms with Crippen LogP contribution in [0.3, 0.4) is 0 Å². The Bertz CT molecular complexity index is 649. The van der Waals surface area contributed by atoms with Gasteiger partial charge < -0.3 is 10.5 Å². The molecule has 0 bridgehead atoms. The van der Waals surface area contributed by atoms with Gasteiger partial charge in [0.2, 0.25) is 0 Å². The zero-order valence-corrected chi connectivity index (χ0v) is 10.7. The number of allylic oxidation sites excluding steroid dienone is 5. The van der Waals surface area contributed by atoms with Crippen molar-refractivity contribution in [2.75, 3.05) is 12.3 Å². The fourth-order valence-electron chi connectivity index (χ4n) is 2.16. The van der Waals surface area contributed by atoms with Gasteiger partial charge in [-0.05, 0) is 24.1 Å². The highest BCUT2D eigenvalue weighted by Gasteiger charge is 2.22. The van der Waals surface area contributed by atoms with Crippen molar-refractivity contribution in [1.29, 1.82) is 0 Å². The van der Waals surface area contributed by atoms with Gasteiger partial charge in [-0.1, -0.05) is 12.2 Å². The molecule has 0 saturated carbocycles. The molecule has 3 rings (SSSR count). The van der Waals surface area contributed by atoms with Crippen molar-refractivity contribution in [3.05, 3.63) is 47.6 Å². The molecule has 1 aromatic heterocycles. The summed E-state index contributed by atoms with van der Waals surface area (Å²) in [6.45, 7) is 0.326. The number of hydrogen-bond acceptors (Lipinski definition) is 5. The highest BCUT2D eigenvalue weighted by Crippen LogP contribution is 2.30. The van der Waals surface area contributed by atoms with Gasteiger partial charge in [0.25, 0.3) is 0 Å². The minimum absolute atomic E-state index is 0.0733. The minimum Gasteiger partial charge on any atom is -0.459 e. The SMILES string of the molecule is Nc1nc(OCC2=CC=NC3=CC=CC[C@H]23)ncc1F. The molecule has 1 aliphatic carbocycles. The Morgan fingerprint density at radius 1 is 1.40 bits per heavy atom. The van der Waals surface area contributed by atoms with Crippen molar-refractivity contribution < 1.29 is 9.13 Å². The summed E-state index contributed by atoms with van der Waals surface area (Å²) in [5.41, 5.74) is 7.48. The number of nitrogens with two attached hydrogens (primary N) is 1. The summed E-state index contributed by atoms with van der Waals surface area (Å²) >= 11 is 0. The maximum Gasteiger partial charge on any atom is 0.318 e. The third-order valence-electron chi connectivity index (χ3n) is 3.21. The number of nitrogens with zero attached hydrogens (tertiary/aromatic N) is 3. The van der Waals surface area contributed by atoms with Crippen LogP contribution >= 0.6 is 0 Å². The van der Waals surface area contributed by atoms with E-state index in [0.717, 1.165) is 23.9 Å². The number of aliphatic imine (C=N–C) groups is 1. The normalized spacial score (nSPS) is 20.1. The van der Waals surface area contributed by atoms with Gasteiger partial charge in [-0.25, -0.2) is 9.37 Å². The average molecular weight is 272 g/mol. The third kappa shape index (κ3) is 2.45. The second kappa shape index (κ2) is 5.24. The lowest BCUT2D eigenvalue weighted by Crippen LogP contribution is -2.18. The fourth-order valence-corrected chi connectivity index (χ4v) is 2.16. The second-order valence-corrected chi connectivity index (χ2v) is 4.50. The van der Waals surface area contributed by atoms with E-state index in [-0.39, 0.29) is 17.7 Å². The van der Waals surface area contributed by atoms with Crippen molar-refractivity contribution in [1.82, 2.24) is 9.97 Å². The predicted octanol–water partition coefficient (Wildman–Crippen LogP) is 2.05. The van der Waals surface area contributed by atoms with Gasteiger partial charge in [0.05, 0.1) is 6.20 Å². The van der Waals surface area contributed by atoms with Gasteiger partial charge in [0.1, 0.15) is 6.61 Å². The second-order valence-electron chi connectivity index (χ2n) is 4.50. The molecule has 0 unspecified atom stereocenters. The van der Waals surface area contributed by atoms with Crippen LogP contribution in [0.1, 0.15) is 6.42 Å². The molecule has 1 aliphatic heterocycles. The van der Waals surface area contributed by atoms with Gasteiger partial charge in [-0.15, -0.1) is 0 Å². The molecule has 6 heteroatoms. The number of ether oxygens (including phenoxy) is 1. The first-order valence-corrected chi connectivity index (χ1v) is 6.24. The van der Waals surface area contributed by atoms with Crippen LogP contribution in [0, 0.1) is 11.7 Å². The zero-order chi connectivity index (χ0) is 13.9. The highest BCUT2D eigenvalue weighted by molar-refractivity contribution is 5.76. The number of dihydropyridines is 1. The first-order valence-electron chi connectivity index (χ1n) is 6.24. The highest BCUT2D eigenvalue weighted by atomic mass is 19.1. The smallest absolute Gasteiger partial charge is 0.318 e. The molecule has 2 heterocycles. The van der Waals surface area contributed by atoms with E-state index in [2.05, 4.69) is 21.0 Å². The summed E-state index contributed by atoms with van der Waals surface area (Å²) in [5, 5.41) is 0. The molecule has 5 nitrogen and oxygen atoms in total. The lowest BCUT2D eigenvalue weighted by atomic mass is 9.88. The Kier molecular flexibility index (Phi) is 3.28. The Labute approximate surface area is 115 Å². The Morgan fingerprint density at radius 3 is 3.15 bits per heavy atom. The van der Waals surface area contributed by atoms with Crippen LogP contribution in [-0.4, -0.2) is 22.8 Å². The standard InChI is InChI=1S/C14H13FN4O/c15-11-7-18-14(19-13(11)16)20-8-9-5-6-17-12-4-2-1-3-10(9)12/h1-2,4-7,10H,3,8H2,(H2,16,18,19)/t10-/m1/s1. The number of hydrogen-bond donors (Lipinski definition) is 1. The van der Waals surface area contributed by atoms with E-state index < -0.39 is 5.82 Å². The van der Waals surface area contributed by atoms with E-state index in [1.807, 2.05) is 18.2 Å². The third-order valence-corrected chi connectivity index (χ3v) is 3.21. The first-order chi connectivity index (χ1) is 9.74. The lowest BCUT2D eigenvalue weighted by molar-refractivity contribution is 0.311. The van der Waals surface area contributed by atoms with E-state index in [9.17, 15) is 4.39 Å². The summed E-state index contributed by atoms with van der Waals surface area (Å²) in [7, 11) is 0. The number of fused-ring (bicyclic) bond motifs is 1. The monoisotopic (exact) mass is 272 g/mol. The summed E-state index contributed by atoms with van der Waals surface area (Å²) in [5.74, 6) is -0.637. The van der Waals surface area contributed by atoms with Crippen LogP contribution in [0.2, 0.25) is 0 Å². The minimum atomic E-state index is -0.649. The molecule has 0 amide bonds. The fraction of sp³-hybridized carbons (Fsp3) is 0.214. The zero-order valence-electron chi connectivity index (χ0n) is 10.7. The van der Waals surface area contributed by atoms with Crippen LogP contribution in [0.25, 0.3) is 0 Å². The van der Waals surface area contributed by atoms with Gasteiger partial charge in [-0.2, -0.15) is 4.98 Å². The largest absolute Gasteiger partial charge is 0.459 e. The molecular formula is C14H13FN4O. The van der Waals surface area contributed by atoms with Crippen molar-refractivity contribution in [3.8, 4) is 6.01 Å². The average Bonchev–Trinajstić information content (AvgIpc) is 2.48. The summed E-state index contributed by atoms with van der Waals surface area (Å²) in [6.07, 6.45) is 11.7. The number of nitrogen functional groups attached to an aromatic ring is 1. The molecule has 0 fully saturated rings. The lowest BCUT2D eigenvalue weighted by Gasteiger charge is -2.23. The van der Waals surface area contributed by atoms with E-state index in [4.69, 9.17) is 10.5 Å². The van der Waals surface area contributed by atoms with Crippen molar-refractivity contribution in [2.45, 2.75) is 6.42 Å². The van der Waals surface area contributed by atoms with Crippen LogP contribution in [0.15, 0.2) is 46.8 Å². The van der Waals surface area contributed by atoms with Gasteiger partial charge in [0.15, 0.2) is 11.6 Å². The van der Waals surface area contributed by atoms with Crippen molar-refractivity contribution in [2.24, 2.45) is 10.9 Å².